The molecule has 0 fully saturated rings. The zero-order valence-electron chi connectivity index (χ0n) is 11.8. The number of alkyl halides is 3. The van der Waals surface area contributed by atoms with E-state index in [1.807, 2.05) is 0 Å². The number of benzene rings is 1. The van der Waals surface area contributed by atoms with E-state index in [-0.39, 0.29) is 24.0 Å². The number of rotatable bonds is 6. The van der Waals surface area contributed by atoms with Crippen molar-refractivity contribution >= 4 is 23.2 Å². The van der Waals surface area contributed by atoms with Gasteiger partial charge >= 0.3 is 6.18 Å². The lowest BCUT2D eigenvalue weighted by Gasteiger charge is -2.28. The predicted molar refractivity (Wildman–Crippen MR) is 78.8 cm³/mol. The van der Waals surface area contributed by atoms with E-state index in [0.29, 0.717) is 10.6 Å². The lowest BCUT2D eigenvalue weighted by atomic mass is 10.1. The first-order valence-electron chi connectivity index (χ1n) is 6.54. The summed E-state index contributed by atoms with van der Waals surface area (Å²) in [7, 11) is 0. The Labute approximate surface area is 132 Å². The maximum absolute atomic E-state index is 12.5. The maximum atomic E-state index is 12.5. The summed E-state index contributed by atoms with van der Waals surface area (Å²) in [5.41, 5.74) is 0.430. The average Bonchev–Trinajstić information content (AvgIpc) is 2.35. The van der Waals surface area contributed by atoms with Crippen molar-refractivity contribution in [2.45, 2.75) is 38.6 Å². The van der Waals surface area contributed by atoms with Crippen LogP contribution in [0.4, 0.5) is 13.2 Å². The second kappa shape index (κ2) is 7.68. The number of hydrogen-bond donors (Lipinski definition) is 1. The monoisotopic (exact) mass is 343 g/mol. The predicted octanol–water partition coefficient (Wildman–Crippen LogP) is 4.69. The van der Waals surface area contributed by atoms with Gasteiger partial charge in [-0.1, -0.05) is 35.3 Å². The molecule has 0 amide bonds. The molecule has 1 rings (SSSR count). The number of hydrogen-bond acceptors (Lipinski definition) is 2. The molecule has 2 nitrogen and oxygen atoms in total. The first kappa shape index (κ1) is 18.6. The smallest absolute Gasteiger partial charge is 0.388 e. The molecular formula is C14H18Cl2F3NO. The molecule has 120 valence electrons. The summed E-state index contributed by atoms with van der Waals surface area (Å²) in [6, 6.07) is 4.57. The van der Waals surface area contributed by atoms with E-state index in [4.69, 9.17) is 23.2 Å². The highest BCUT2D eigenvalue weighted by Gasteiger charge is 2.31. The van der Waals surface area contributed by atoms with Crippen molar-refractivity contribution < 1.29 is 18.3 Å². The number of aliphatic hydroxyl groups is 1. The summed E-state index contributed by atoms with van der Waals surface area (Å²) in [6.45, 7) is 2.48. The van der Waals surface area contributed by atoms with Gasteiger partial charge in [-0.3, -0.25) is 4.90 Å². The summed E-state index contributed by atoms with van der Waals surface area (Å²) in [5, 5.41) is 10.6. The van der Waals surface area contributed by atoms with Crippen molar-refractivity contribution in [3.8, 4) is 0 Å². The van der Waals surface area contributed by atoms with Gasteiger partial charge in [0, 0.05) is 18.2 Å². The third-order valence-corrected chi connectivity index (χ3v) is 3.98. The molecule has 0 aromatic heterocycles. The normalized spacial score (nSPS) is 14.0. The second-order valence-corrected chi connectivity index (χ2v) is 5.91. The van der Waals surface area contributed by atoms with Crippen LogP contribution in [0, 0.1) is 0 Å². The summed E-state index contributed by atoms with van der Waals surface area (Å²) < 4.78 is 37.5. The molecule has 0 aliphatic rings. The number of halogens is 5. The minimum atomic E-state index is -4.26. The molecule has 0 saturated heterocycles. The maximum Gasteiger partial charge on any atom is 0.401 e. The highest BCUT2D eigenvalue weighted by molar-refractivity contribution is 6.42. The second-order valence-electron chi connectivity index (χ2n) is 5.13. The highest BCUT2D eigenvalue weighted by Crippen LogP contribution is 2.31. The van der Waals surface area contributed by atoms with Crippen molar-refractivity contribution in [2.24, 2.45) is 0 Å². The van der Waals surface area contributed by atoms with Crippen molar-refractivity contribution in [1.29, 1.82) is 0 Å². The van der Waals surface area contributed by atoms with Crippen molar-refractivity contribution in [1.82, 2.24) is 4.90 Å². The average molecular weight is 344 g/mol. The fraction of sp³-hybridized carbons (Fsp3) is 0.571. The van der Waals surface area contributed by atoms with Gasteiger partial charge in [0.25, 0.3) is 0 Å². The van der Waals surface area contributed by atoms with E-state index in [0.717, 1.165) is 0 Å². The van der Waals surface area contributed by atoms with Gasteiger partial charge in [0.1, 0.15) is 0 Å². The lowest BCUT2D eigenvalue weighted by Crippen LogP contribution is -2.40. The Balaban J connectivity index is 2.69. The van der Waals surface area contributed by atoms with Crippen LogP contribution in [0.5, 0.6) is 0 Å². The van der Waals surface area contributed by atoms with E-state index in [1.165, 1.54) is 4.90 Å². The van der Waals surface area contributed by atoms with E-state index in [1.54, 1.807) is 32.0 Å². The molecule has 0 aliphatic heterocycles. The molecule has 1 aromatic rings. The van der Waals surface area contributed by atoms with E-state index in [9.17, 15) is 18.3 Å². The first-order chi connectivity index (χ1) is 9.61. The highest BCUT2D eigenvalue weighted by atomic mass is 35.5. The number of nitrogens with zero attached hydrogens (tertiary/aromatic N) is 1. The van der Waals surface area contributed by atoms with Crippen LogP contribution in [-0.2, 0) is 0 Å². The molecule has 21 heavy (non-hydrogen) atoms. The molecule has 0 aliphatic carbocycles. The zero-order valence-corrected chi connectivity index (χ0v) is 13.3. The van der Waals surface area contributed by atoms with E-state index < -0.39 is 18.8 Å². The number of aliphatic hydroxyl groups excluding tert-OH is 1. The standard InChI is InChI=1S/C14H18Cl2F3NO/c1-9(2)20(8-14(17,18)19)7-6-12(21)10-4-3-5-11(15)13(10)16/h3-5,9,12,21H,6-8H2,1-2H3. The third kappa shape index (κ3) is 6.02. The van der Waals surface area contributed by atoms with Gasteiger partial charge in [-0.2, -0.15) is 13.2 Å². The van der Waals surface area contributed by atoms with E-state index >= 15 is 0 Å². The molecule has 1 atom stereocenters. The summed E-state index contributed by atoms with van der Waals surface area (Å²) >= 11 is 11.8. The fourth-order valence-corrected chi connectivity index (χ4v) is 2.41. The van der Waals surface area contributed by atoms with Crippen LogP contribution in [0.2, 0.25) is 10.0 Å². The molecule has 0 radical (unpaired) electrons. The van der Waals surface area contributed by atoms with Crippen molar-refractivity contribution in [3.63, 3.8) is 0 Å². The zero-order chi connectivity index (χ0) is 16.2. The summed E-state index contributed by atoms with van der Waals surface area (Å²) in [4.78, 5) is 1.27. The molecule has 1 unspecified atom stereocenters. The summed E-state index contributed by atoms with van der Waals surface area (Å²) in [6.07, 6.45) is -5.07. The molecule has 0 spiro atoms. The molecular weight excluding hydrogens is 326 g/mol. The Morgan fingerprint density at radius 3 is 2.38 bits per heavy atom. The molecule has 1 N–H and O–H groups in total. The first-order valence-corrected chi connectivity index (χ1v) is 7.30. The Morgan fingerprint density at radius 2 is 1.86 bits per heavy atom. The Hall–Kier alpha value is -0.490. The van der Waals surface area contributed by atoms with Gasteiger partial charge in [0.2, 0.25) is 0 Å². The lowest BCUT2D eigenvalue weighted by molar-refractivity contribution is -0.150. The molecule has 0 bridgehead atoms. The Morgan fingerprint density at radius 1 is 1.24 bits per heavy atom. The fourth-order valence-electron chi connectivity index (χ4n) is 1.97. The van der Waals surface area contributed by atoms with Gasteiger partial charge < -0.3 is 5.11 Å². The largest absolute Gasteiger partial charge is 0.401 e. The van der Waals surface area contributed by atoms with Crippen molar-refractivity contribution in [3.05, 3.63) is 33.8 Å². The summed E-state index contributed by atoms with van der Waals surface area (Å²) in [5.74, 6) is 0. The van der Waals surface area contributed by atoms with Crippen LogP contribution in [0.25, 0.3) is 0 Å². The van der Waals surface area contributed by atoms with Gasteiger partial charge in [0.15, 0.2) is 0 Å². The van der Waals surface area contributed by atoms with Gasteiger partial charge in [-0.25, -0.2) is 0 Å². The topological polar surface area (TPSA) is 23.5 Å². The molecule has 0 heterocycles. The van der Waals surface area contributed by atoms with Crippen LogP contribution in [-0.4, -0.2) is 35.3 Å². The van der Waals surface area contributed by atoms with Crippen LogP contribution < -0.4 is 0 Å². The van der Waals surface area contributed by atoms with Crippen LogP contribution in [0.3, 0.4) is 0 Å². The van der Waals surface area contributed by atoms with Crippen LogP contribution in [0.15, 0.2) is 18.2 Å². The van der Waals surface area contributed by atoms with Crippen molar-refractivity contribution in [2.75, 3.05) is 13.1 Å². The van der Waals surface area contributed by atoms with E-state index in [2.05, 4.69) is 0 Å². The molecule has 0 saturated carbocycles. The van der Waals surface area contributed by atoms with Crippen LogP contribution >= 0.6 is 23.2 Å². The van der Waals surface area contributed by atoms with Gasteiger partial charge in [0.05, 0.1) is 22.7 Å². The van der Waals surface area contributed by atoms with Gasteiger partial charge in [-0.15, -0.1) is 0 Å². The Bertz CT molecular complexity index is 466. The van der Waals surface area contributed by atoms with Crippen LogP contribution in [0.1, 0.15) is 31.9 Å². The minimum Gasteiger partial charge on any atom is -0.388 e. The minimum absolute atomic E-state index is 0.112. The molecule has 7 heteroatoms. The quantitative estimate of drug-likeness (QED) is 0.809. The Kier molecular flexibility index (Phi) is 6.78. The SMILES string of the molecule is CC(C)N(CCC(O)c1cccc(Cl)c1Cl)CC(F)(F)F. The van der Waals surface area contributed by atoms with Gasteiger partial charge in [-0.05, 0) is 26.3 Å². The third-order valence-electron chi connectivity index (χ3n) is 3.14. The molecule has 1 aromatic carbocycles.